The number of halogens is 2. The maximum atomic E-state index is 13.5. The Balaban J connectivity index is 1.35. The molecule has 4 aromatic rings. The second kappa shape index (κ2) is 11.7. The van der Waals surface area contributed by atoms with Gasteiger partial charge in [0.15, 0.2) is 9.84 Å². The highest BCUT2D eigenvalue weighted by atomic mass is 35.5. The summed E-state index contributed by atoms with van der Waals surface area (Å²) in [6.45, 7) is 1.33. The van der Waals surface area contributed by atoms with Crippen molar-refractivity contribution in [3.05, 3.63) is 99.7 Å². The maximum absolute atomic E-state index is 13.5. The lowest BCUT2D eigenvalue weighted by atomic mass is 10.0. The Morgan fingerprint density at radius 1 is 1.10 bits per heavy atom. The summed E-state index contributed by atoms with van der Waals surface area (Å²) in [4.78, 5) is 13.4. The number of nitrogens with zero attached hydrogens (tertiary/aromatic N) is 1. The van der Waals surface area contributed by atoms with Crippen molar-refractivity contribution in [1.29, 1.82) is 0 Å². The van der Waals surface area contributed by atoms with Crippen molar-refractivity contribution in [3.8, 4) is 0 Å². The van der Waals surface area contributed by atoms with Crippen LogP contribution in [0.1, 0.15) is 51.6 Å². The molecule has 3 aromatic carbocycles. The molecule has 1 saturated carbocycles. The van der Waals surface area contributed by atoms with Crippen molar-refractivity contribution in [3.63, 3.8) is 0 Å². The zero-order valence-corrected chi connectivity index (χ0v) is 23.8. The Morgan fingerprint density at radius 3 is 2.50 bits per heavy atom. The Kier molecular flexibility index (Phi) is 8.31. The van der Waals surface area contributed by atoms with E-state index in [4.69, 9.17) is 11.6 Å². The van der Waals surface area contributed by atoms with Gasteiger partial charge >= 0.3 is 0 Å². The second-order valence-electron chi connectivity index (χ2n) is 10.5. The first-order valence-electron chi connectivity index (χ1n) is 13.4. The van der Waals surface area contributed by atoms with Gasteiger partial charge in [0.05, 0.1) is 29.8 Å². The Labute approximate surface area is 238 Å². The predicted octanol–water partition coefficient (Wildman–Crippen LogP) is 5.81. The van der Waals surface area contributed by atoms with E-state index in [-0.39, 0.29) is 35.6 Å². The third-order valence-corrected chi connectivity index (χ3v) is 9.65. The Morgan fingerprint density at radius 2 is 1.85 bits per heavy atom. The molecule has 1 aliphatic carbocycles. The molecule has 0 bridgehead atoms. The zero-order valence-electron chi connectivity index (χ0n) is 22.2. The van der Waals surface area contributed by atoms with Crippen molar-refractivity contribution in [2.24, 2.45) is 5.92 Å². The normalized spacial score (nSPS) is 14.4. The quantitative estimate of drug-likeness (QED) is 0.234. The van der Waals surface area contributed by atoms with E-state index in [1.807, 2.05) is 41.8 Å². The van der Waals surface area contributed by atoms with Crippen LogP contribution in [0.3, 0.4) is 0 Å². The number of benzene rings is 3. The molecular formula is C31H32ClFN2O4S. The van der Waals surface area contributed by atoms with Crippen molar-refractivity contribution < 1.29 is 22.7 Å². The van der Waals surface area contributed by atoms with Crippen molar-refractivity contribution in [2.75, 3.05) is 19.0 Å². The van der Waals surface area contributed by atoms with Gasteiger partial charge in [0.1, 0.15) is 6.67 Å². The van der Waals surface area contributed by atoms with Crippen LogP contribution >= 0.6 is 11.6 Å². The first-order valence-corrected chi connectivity index (χ1v) is 15.4. The number of nitrogens with one attached hydrogen (secondary N) is 1. The highest BCUT2D eigenvalue weighted by Crippen LogP contribution is 2.32. The summed E-state index contributed by atoms with van der Waals surface area (Å²) in [5, 5.41) is 14.3. The summed E-state index contributed by atoms with van der Waals surface area (Å²) < 4.78 is 40.5. The van der Waals surface area contributed by atoms with Gasteiger partial charge in [-0.3, -0.25) is 4.79 Å². The minimum Gasteiger partial charge on any atom is -0.394 e. The molecule has 0 aliphatic heterocycles. The number of alkyl halides is 1. The van der Waals surface area contributed by atoms with Crippen molar-refractivity contribution in [1.82, 2.24) is 9.88 Å². The summed E-state index contributed by atoms with van der Waals surface area (Å²) in [5.74, 6) is 0.0287. The van der Waals surface area contributed by atoms with E-state index in [0.29, 0.717) is 22.6 Å². The van der Waals surface area contributed by atoms with Crippen LogP contribution in [0.15, 0.2) is 71.6 Å². The van der Waals surface area contributed by atoms with Crippen LogP contribution in [0.2, 0.25) is 5.02 Å². The largest absolute Gasteiger partial charge is 0.394 e. The van der Waals surface area contributed by atoms with Crippen LogP contribution in [0.4, 0.5) is 4.39 Å². The van der Waals surface area contributed by atoms with Crippen LogP contribution in [0, 0.1) is 12.8 Å². The summed E-state index contributed by atoms with van der Waals surface area (Å²) >= 11 is 6.11. The highest BCUT2D eigenvalue weighted by molar-refractivity contribution is 7.91. The smallest absolute Gasteiger partial charge is 0.251 e. The highest BCUT2D eigenvalue weighted by Gasteiger charge is 2.29. The molecule has 0 unspecified atom stereocenters. The van der Waals surface area contributed by atoms with E-state index in [0.717, 1.165) is 40.6 Å². The zero-order chi connectivity index (χ0) is 28.4. The van der Waals surface area contributed by atoms with Crippen LogP contribution in [0.25, 0.3) is 10.9 Å². The summed E-state index contributed by atoms with van der Waals surface area (Å²) in [7, 11) is -3.34. The molecule has 0 spiro atoms. The fourth-order valence-corrected chi connectivity index (χ4v) is 7.02. The summed E-state index contributed by atoms with van der Waals surface area (Å²) in [5.41, 5.74) is 4.91. The molecule has 6 nitrogen and oxygen atoms in total. The number of carbonyl (C=O) groups is 1. The van der Waals surface area contributed by atoms with Gasteiger partial charge in [-0.15, -0.1) is 0 Å². The number of aliphatic hydroxyl groups excluding tert-OH is 1. The van der Waals surface area contributed by atoms with Crippen molar-refractivity contribution in [2.45, 2.75) is 43.7 Å². The van der Waals surface area contributed by atoms with E-state index in [1.54, 1.807) is 24.3 Å². The monoisotopic (exact) mass is 582 g/mol. The lowest BCUT2D eigenvalue weighted by molar-refractivity contribution is 0.0916. The third-order valence-electron chi connectivity index (χ3n) is 7.52. The molecular weight excluding hydrogens is 551 g/mol. The van der Waals surface area contributed by atoms with E-state index in [9.17, 15) is 22.7 Å². The fourth-order valence-electron chi connectivity index (χ4n) is 5.09. The summed E-state index contributed by atoms with van der Waals surface area (Å²) in [6, 6.07) is 18.6. The molecule has 9 heteroatoms. The van der Waals surface area contributed by atoms with E-state index in [1.165, 1.54) is 12.1 Å². The molecule has 210 valence electrons. The minimum absolute atomic E-state index is 0.156. The Hall–Kier alpha value is -3.20. The molecule has 1 atom stereocenters. The Bertz CT molecular complexity index is 1650. The molecule has 5 rings (SSSR count). The lowest BCUT2D eigenvalue weighted by Crippen LogP contribution is -2.30. The van der Waals surface area contributed by atoms with E-state index in [2.05, 4.69) is 5.32 Å². The standard InChI is InChI=1S/C31H32ClFN2O4S/c1-20-14-26(32)8-4-23(20)16-27-17-25-15-24(7-11-30(25)35(27)13-12-33)31(37)34-29(18-36)22-5-9-28(10-6-22)40(38,39)19-21-2-3-21/h4-11,14-15,17,21,29,36H,2-3,12-13,16,18-19H2,1H3,(H,34,37)/t29-/m0/s1. The van der Waals surface area contributed by atoms with Crippen LogP contribution in [-0.2, 0) is 22.8 Å². The SMILES string of the molecule is Cc1cc(Cl)ccc1Cc1cc2cc(C(=O)N[C@@H](CO)c3ccc(S(=O)(=O)CC4CC4)cc3)ccc2n1CCF. The lowest BCUT2D eigenvalue weighted by Gasteiger charge is -2.17. The average Bonchev–Trinajstić information content (AvgIpc) is 3.68. The first-order chi connectivity index (χ1) is 19.2. The number of fused-ring (bicyclic) bond motifs is 1. The average molecular weight is 583 g/mol. The van der Waals surface area contributed by atoms with Gasteiger partial charge < -0.3 is 15.0 Å². The van der Waals surface area contributed by atoms with Gasteiger partial charge in [-0.05, 0) is 90.9 Å². The molecule has 40 heavy (non-hydrogen) atoms. The van der Waals surface area contributed by atoms with Gasteiger partial charge in [0, 0.05) is 33.6 Å². The van der Waals surface area contributed by atoms with Crippen LogP contribution in [0.5, 0.6) is 0 Å². The van der Waals surface area contributed by atoms with E-state index >= 15 is 0 Å². The molecule has 1 aromatic heterocycles. The molecule has 1 fully saturated rings. The van der Waals surface area contributed by atoms with E-state index < -0.39 is 22.6 Å². The predicted molar refractivity (Wildman–Crippen MR) is 155 cm³/mol. The van der Waals surface area contributed by atoms with Gasteiger partial charge in [0.25, 0.3) is 5.91 Å². The van der Waals surface area contributed by atoms with Crippen LogP contribution < -0.4 is 5.32 Å². The molecule has 0 radical (unpaired) electrons. The number of rotatable bonds is 11. The number of amides is 1. The molecule has 1 amide bonds. The van der Waals surface area contributed by atoms with Gasteiger partial charge in [0.2, 0.25) is 0 Å². The number of sulfone groups is 1. The number of aryl methyl sites for hydroxylation is 2. The number of carbonyl (C=O) groups excluding carboxylic acids is 1. The molecule has 1 aliphatic rings. The second-order valence-corrected chi connectivity index (χ2v) is 13.0. The first kappa shape index (κ1) is 28.3. The molecule has 2 N–H and O–H groups in total. The number of hydrogen-bond donors (Lipinski definition) is 2. The van der Waals surface area contributed by atoms with Crippen molar-refractivity contribution >= 4 is 38.2 Å². The fraction of sp³-hybridized carbons (Fsp3) is 0.323. The van der Waals surface area contributed by atoms with Gasteiger partial charge in [-0.25, -0.2) is 12.8 Å². The van der Waals surface area contributed by atoms with Gasteiger partial charge in [-0.1, -0.05) is 29.8 Å². The third kappa shape index (κ3) is 6.24. The molecule has 0 saturated heterocycles. The molecule has 1 heterocycles. The number of hydrogen-bond acceptors (Lipinski definition) is 4. The number of aliphatic hydroxyl groups is 1. The maximum Gasteiger partial charge on any atom is 0.251 e. The number of aromatic nitrogens is 1. The van der Waals surface area contributed by atoms with Crippen LogP contribution in [-0.4, -0.2) is 43.0 Å². The van der Waals surface area contributed by atoms with Gasteiger partial charge in [-0.2, -0.15) is 0 Å². The topological polar surface area (TPSA) is 88.4 Å². The summed E-state index contributed by atoms with van der Waals surface area (Å²) in [6.07, 6.45) is 2.50. The minimum atomic E-state index is -3.34.